The Labute approximate surface area is 146 Å². The van der Waals surface area contributed by atoms with Gasteiger partial charge in [0.2, 0.25) is 0 Å². The molecule has 3 heterocycles. The Morgan fingerprint density at radius 3 is 2.75 bits per heavy atom. The van der Waals surface area contributed by atoms with Gasteiger partial charge in [-0.1, -0.05) is 32.9 Å². The molecule has 0 saturated carbocycles. The minimum Gasteiger partial charge on any atom is -0.307 e. The van der Waals surface area contributed by atoms with Gasteiger partial charge in [-0.15, -0.1) is 11.3 Å². The van der Waals surface area contributed by atoms with E-state index in [4.69, 9.17) is 4.98 Å². The Morgan fingerprint density at radius 1 is 1.08 bits per heavy atom. The van der Waals surface area contributed by atoms with E-state index in [1.54, 1.807) is 0 Å². The van der Waals surface area contributed by atoms with Crippen LogP contribution in [0.2, 0.25) is 0 Å². The van der Waals surface area contributed by atoms with Crippen molar-refractivity contribution in [3.8, 4) is 0 Å². The van der Waals surface area contributed by atoms with Gasteiger partial charge in [0.25, 0.3) is 0 Å². The highest BCUT2D eigenvalue weighted by atomic mass is 32.1. The normalized spacial score (nSPS) is 13.2. The molecule has 1 aromatic carbocycles. The lowest BCUT2D eigenvalue weighted by molar-refractivity contribution is 0.749. The van der Waals surface area contributed by atoms with Crippen molar-refractivity contribution in [2.24, 2.45) is 0 Å². The number of aromatic nitrogens is 3. The number of hydrogen-bond acceptors (Lipinski definition) is 3. The van der Waals surface area contributed by atoms with Gasteiger partial charge in [-0.25, -0.2) is 9.97 Å². The largest absolute Gasteiger partial charge is 0.307 e. The molecule has 0 spiro atoms. The molecule has 4 rings (SSSR count). The van der Waals surface area contributed by atoms with Gasteiger partial charge >= 0.3 is 0 Å². The van der Waals surface area contributed by atoms with E-state index in [-0.39, 0.29) is 0 Å². The van der Waals surface area contributed by atoms with Crippen molar-refractivity contribution in [3.05, 3.63) is 65.1 Å². The summed E-state index contributed by atoms with van der Waals surface area (Å²) in [5.41, 5.74) is 4.82. The molecular weight excluding hydrogens is 314 g/mol. The van der Waals surface area contributed by atoms with E-state index < -0.39 is 0 Å². The fraction of sp³-hybridized carbons (Fsp3) is 0.300. The van der Waals surface area contributed by atoms with Crippen molar-refractivity contribution in [3.63, 3.8) is 0 Å². The molecule has 0 aliphatic rings. The van der Waals surface area contributed by atoms with Gasteiger partial charge in [-0.2, -0.15) is 0 Å². The molecule has 0 amide bonds. The van der Waals surface area contributed by atoms with E-state index in [2.05, 4.69) is 66.7 Å². The average molecular weight is 335 g/mol. The monoisotopic (exact) mass is 335 g/mol. The van der Waals surface area contributed by atoms with Crippen LogP contribution in [0.15, 0.2) is 48.9 Å². The molecule has 1 atom stereocenters. The predicted molar refractivity (Wildman–Crippen MR) is 101 cm³/mol. The number of hydrogen-bond donors (Lipinski definition) is 0. The zero-order valence-electron chi connectivity index (χ0n) is 14.2. The lowest BCUT2D eigenvalue weighted by Gasteiger charge is -2.10. The number of fused-ring (bicyclic) bond motifs is 2. The molecule has 0 N–H and O–H groups in total. The van der Waals surface area contributed by atoms with Crippen LogP contribution in [-0.4, -0.2) is 14.4 Å². The molecule has 122 valence electrons. The first-order chi connectivity index (χ1) is 11.6. The van der Waals surface area contributed by atoms with E-state index in [1.165, 1.54) is 20.8 Å². The smallest absolute Gasteiger partial charge is 0.136 e. The molecule has 0 aliphatic carbocycles. The first kappa shape index (κ1) is 15.3. The third kappa shape index (κ3) is 2.82. The second kappa shape index (κ2) is 6.02. The van der Waals surface area contributed by atoms with Gasteiger partial charge in [-0.3, -0.25) is 0 Å². The van der Waals surface area contributed by atoms with Crippen LogP contribution >= 0.6 is 11.3 Å². The van der Waals surface area contributed by atoms with Gasteiger partial charge in [-0.05, 0) is 41.2 Å². The maximum Gasteiger partial charge on any atom is 0.136 e. The second-order valence-electron chi connectivity index (χ2n) is 6.75. The molecule has 3 aromatic heterocycles. The summed E-state index contributed by atoms with van der Waals surface area (Å²) >= 11 is 1.83. The predicted octanol–water partition coefficient (Wildman–Crippen LogP) is 5.41. The summed E-state index contributed by atoms with van der Waals surface area (Å²) < 4.78 is 3.38. The van der Waals surface area contributed by atoms with Crippen LogP contribution in [0.5, 0.6) is 0 Å². The number of thiazole rings is 1. The Hall–Kier alpha value is -2.20. The molecule has 0 aliphatic heterocycles. The summed E-state index contributed by atoms with van der Waals surface area (Å²) in [6.45, 7) is 6.73. The van der Waals surface area contributed by atoms with E-state index in [0.717, 1.165) is 17.6 Å². The molecular formula is C20H21N3S. The van der Waals surface area contributed by atoms with Crippen LogP contribution in [0.1, 0.15) is 48.7 Å². The highest BCUT2D eigenvalue weighted by molar-refractivity contribution is 7.18. The zero-order chi connectivity index (χ0) is 16.7. The minimum atomic E-state index is 0.432. The lowest BCUT2D eigenvalue weighted by Crippen LogP contribution is -1.99. The maximum absolute atomic E-state index is 4.83. The standard InChI is InChI=1S/C20H21N3S/c1-13(2)15-4-6-17-18(11-15)24-20(22-17)10-14(3)16-5-7-19-21-8-9-23(19)12-16/h4-9,11-14H,10H2,1-3H3. The average Bonchev–Trinajstić information content (AvgIpc) is 3.18. The van der Waals surface area contributed by atoms with Crippen molar-refractivity contribution in [2.75, 3.05) is 0 Å². The molecule has 0 radical (unpaired) electrons. The van der Waals surface area contributed by atoms with E-state index in [9.17, 15) is 0 Å². The fourth-order valence-corrected chi connectivity index (χ4v) is 4.19. The summed E-state index contributed by atoms with van der Waals surface area (Å²) in [5, 5.41) is 1.21. The van der Waals surface area contributed by atoms with Crippen molar-refractivity contribution in [1.82, 2.24) is 14.4 Å². The SMILES string of the molecule is CC(C)c1ccc2nc(CC(C)c3ccc4nccn4c3)sc2c1. The summed E-state index contributed by atoms with van der Waals surface area (Å²) in [6, 6.07) is 10.9. The van der Waals surface area contributed by atoms with Gasteiger partial charge in [0.15, 0.2) is 0 Å². The van der Waals surface area contributed by atoms with Crippen LogP contribution in [0, 0.1) is 0 Å². The fourth-order valence-electron chi connectivity index (χ4n) is 3.04. The van der Waals surface area contributed by atoms with Crippen LogP contribution in [0.3, 0.4) is 0 Å². The van der Waals surface area contributed by atoms with Crippen LogP contribution < -0.4 is 0 Å². The quantitative estimate of drug-likeness (QED) is 0.499. The third-order valence-corrected chi connectivity index (χ3v) is 5.63. The van der Waals surface area contributed by atoms with Crippen molar-refractivity contribution in [1.29, 1.82) is 0 Å². The van der Waals surface area contributed by atoms with Crippen molar-refractivity contribution >= 4 is 27.2 Å². The molecule has 0 fully saturated rings. The Kier molecular flexibility index (Phi) is 3.85. The molecule has 24 heavy (non-hydrogen) atoms. The number of imidazole rings is 1. The van der Waals surface area contributed by atoms with Crippen LogP contribution in [-0.2, 0) is 6.42 Å². The molecule has 3 nitrogen and oxygen atoms in total. The molecule has 4 heteroatoms. The number of nitrogens with zero attached hydrogens (tertiary/aromatic N) is 3. The molecule has 1 unspecified atom stereocenters. The first-order valence-electron chi connectivity index (χ1n) is 8.42. The van der Waals surface area contributed by atoms with Crippen molar-refractivity contribution < 1.29 is 0 Å². The highest BCUT2D eigenvalue weighted by Gasteiger charge is 2.12. The lowest BCUT2D eigenvalue weighted by atomic mass is 10.00. The summed E-state index contributed by atoms with van der Waals surface area (Å²) in [6.07, 6.45) is 6.98. The number of rotatable bonds is 4. The van der Waals surface area contributed by atoms with Gasteiger partial charge < -0.3 is 4.40 Å². The van der Waals surface area contributed by atoms with Gasteiger partial charge in [0.05, 0.1) is 15.2 Å². The highest BCUT2D eigenvalue weighted by Crippen LogP contribution is 2.29. The summed E-state index contributed by atoms with van der Waals surface area (Å²) in [4.78, 5) is 9.14. The minimum absolute atomic E-state index is 0.432. The molecule has 0 saturated heterocycles. The topological polar surface area (TPSA) is 30.2 Å². The van der Waals surface area contributed by atoms with Crippen molar-refractivity contribution in [2.45, 2.75) is 39.0 Å². The number of benzene rings is 1. The van der Waals surface area contributed by atoms with Crippen LogP contribution in [0.25, 0.3) is 15.9 Å². The summed E-state index contributed by atoms with van der Waals surface area (Å²) in [7, 11) is 0. The first-order valence-corrected chi connectivity index (χ1v) is 9.24. The number of pyridine rings is 1. The zero-order valence-corrected chi connectivity index (χ0v) is 15.0. The van der Waals surface area contributed by atoms with E-state index >= 15 is 0 Å². The Balaban J connectivity index is 1.60. The van der Waals surface area contributed by atoms with Crippen LogP contribution in [0.4, 0.5) is 0 Å². The van der Waals surface area contributed by atoms with Gasteiger partial charge in [0.1, 0.15) is 5.65 Å². The maximum atomic E-state index is 4.83. The van der Waals surface area contributed by atoms with E-state index in [0.29, 0.717) is 11.8 Å². The molecule has 0 bridgehead atoms. The third-order valence-electron chi connectivity index (χ3n) is 4.58. The summed E-state index contributed by atoms with van der Waals surface area (Å²) in [5.74, 6) is 0.989. The Bertz CT molecular complexity index is 996. The molecule has 4 aromatic rings. The van der Waals surface area contributed by atoms with E-state index in [1.807, 2.05) is 23.7 Å². The Morgan fingerprint density at radius 2 is 1.92 bits per heavy atom. The second-order valence-corrected chi connectivity index (χ2v) is 7.86. The van der Waals surface area contributed by atoms with Gasteiger partial charge in [0, 0.05) is 25.0 Å².